The van der Waals surface area contributed by atoms with Crippen molar-refractivity contribution in [2.75, 3.05) is 12.4 Å². The molecule has 0 aliphatic rings. The number of allylic oxidation sites excluding steroid dienone is 1. The highest BCUT2D eigenvalue weighted by Gasteiger charge is 2.11. The number of fused-ring (bicyclic) bond motifs is 1. The number of hydrogen-bond donors (Lipinski definition) is 2. The average Bonchev–Trinajstić information content (AvgIpc) is 3.26. The largest absolute Gasteiger partial charge is 0.398 e. The molecule has 0 unspecified atom stereocenters. The summed E-state index contributed by atoms with van der Waals surface area (Å²) >= 11 is 1.52. The van der Waals surface area contributed by atoms with Gasteiger partial charge in [-0.05, 0) is 30.3 Å². The normalized spacial score (nSPS) is 12.5. The minimum Gasteiger partial charge on any atom is -0.398 e. The van der Waals surface area contributed by atoms with Crippen molar-refractivity contribution in [2.45, 2.75) is 19.8 Å². The summed E-state index contributed by atoms with van der Waals surface area (Å²) < 4.78 is 0. The van der Waals surface area contributed by atoms with E-state index in [9.17, 15) is 0 Å². The summed E-state index contributed by atoms with van der Waals surface area (Å²) in [5, 5.41) is 13.3. The first-order valence-electron chi connectivity index (χ1n) is 9.75. The smallest absolute Gasteiger partial charge is 0.211 e. The van der Waals surface area contributed by atoms with Crippen LogP contribution in [0.1, 0.15) is 35.9 Å². The molecule has 4 rings (SSSR count). The third-order valence-corrected chi connectivity index (χ3v) is 5.70. The van der Waals surface area contributed by atoms with E-state index in [-0.39, 0.29) is 0 Å². The van der Waals surface area contributed by atoms with Gasteiger partial charge in [-0.1, -0.05) is 25.2 Å². The number of nitrogens with zero attached hydrogens (tertiary/aromatic N) is 6. The van der Waals surface area contributed by atoms with Crippen LogP contribution in [0.3, 0.4) is 0 Å². The Labute approximate surface area is 184 Å². The first kappa shape index (κ1) is 20.5. The fraction of sp³-hybridized carbons (Fsp3) is 0.182. The van der Waals surface area contributed by atoms with Crippen molar-refractivity contribution >= 4 is 50.8 Å². The predicted molar refractivity (Wildman–Crippen MR) is 126 cm³/mol. The van der Waals surface area contributed by atoms with Crippen molar-refractivity contribution in [3.05, 3.63) is 65.1 Å². The zero-order valence-corrected chi connectivity index (χ0v) is 18.3. The lowest BCUT2D eigenvalue weighted by atomic mass is 10.0. The van der Waals surface area contributed by atoms with Crippen LogP contribution >= 0.6 is 11.3 Å². The predicted octanol–water partition coefficient (Wildman–Crippen LogP) is 4.27. The second-order valence-corrected chi connectivity index (χ2v) is 8.14. The monoisotopic (exact) mass is 430 g/mol. The van der Waals surface area contributed by atoms with Gasteiger partial charge in [-0.15, -0.1) is 10.2 Å². The summed E-state index contributed by atoms with van der Waals surface area (Å²) in [6, 6.07) is 9.48. The minimum atomic E-state index is 0.334. The summed E-state index contributed by atoms with van der Waals surface area (Å²) in [7, 11) is 1.71. The molecule has 8 nitrogen and oxygen atoms in total. The second kappa shape index (κ2) is 8.97. The van der Waals surface area contributed by atoms with E-state index in [1.807, 2.05) is 30.3 Å². The second-order valence-electron chi connectivity index (χ2n) is 7.13. The highest BCUT2D eigenvalue weighted by Crippen LogP contribution is 2.27. The van der Waals surface area contributed by atoms with E-state index in [1.54, 1.807) is 31.9 Å². The van der Waals surface area contributed by atoms with E-state index < -0.39 is 0 Å². The minimum absolute atomic E-state index is 0.334. The number of nitrogens with one attached hydrogen (secondary N) is 1. The molecule has 0 radical (unpaired) electrons. The fourth-order valence-corrected chi connectivity index (χ4v) is 3.72. The van der Waals surface area contributed by atoms with E-state index in [0.29, 0.717) is 22.6 Å². The summed E-state index contributed by atoms with van der Waals surface area (Å²) in [5.74, 6) is 1.01. The average molecular weight is 431 g/mol. The Balaban J connectivity index is 1.71. The van der Waals surface area contributed by atoms with Crippen molar-refractivity contribution in [2.24, 2.45) is 10.7 Å². The van der Waals surface area contributed by atoms with Crippen molar-refractivity contribution in [3.8, 4) is 0 Å². The van der Waals surface area contributed by atoms with E-state index >= 15 is 0 Å². The van der Waals surface area contributed by atoms with Crippen LogP contribution in [-0.4, -0.2) is 38.4 Å². The van der Waals surface area contributed by atoms with Gasteiger partial charge < -0.3 is 11.1 Å². The van der Waals surface area contributed by atoms with Gasteiger partial charge in [0.15, 0.2) is 0 Å². The van der Waals surface area contributed by atoms with E-state index in [0.717, 1.165) is 32.7 Å². The molecule has 4 aromatic heterocycles. The number of hydrogen-bond acceptors (Lipinski definition) is 9. The molecule has 4 aromatic rings. The maximum Gasteiger partial charge on any atom is 0.211 e. The Bertz CT molecular complexity index is 1260. The first-order valence-corrected chi connectivity index (χ1v) is 10.6. The third kappa shape index (κ3) is 4.56. The zero-order chi connectivity index (χ0) is 21.8. The lowest BCUT2D eigenvalue weighted by Crippen LogP contribution is -2.03. The lowest BCUT2D eigenvalue weighted by molar-refractivity contribution is 0.825. The van der Waals surface area contributed by atoms with Gasteiger partial charge >= 0.3 is 0 Å². The molecule has 3 N–H and O–H groups in total. The number of aliphatic imine (C=N–C) groups is 1. The number of anilines is 2. The highest BCUT2D eigenvalue weighted by molar-refractivity contribution is 7.15. The molecule has 31 heavy (non-hydrogen) atoms. The molecule has 0 aromatic carbocycles. The van der Waals surface area contributed by atoms with Gasteiger partial charge in [0.2, 0.25) is 5.13 Å². The number of nitrogens with two attached hydrogens (primary N) is 1. The number of aromatic nitrogens is 5. The topological polar surface area (TPSA) is 115 Å². The molecule has 0 fully saturated rings. The van der Waals surface area contributed by atoms with Gasteiger partial charge in [0.05, 0.1) is 11.0 Å². The maximum absolute atomic E-state index is 6.45. The van der Waals surface area contributed by atoms with Crippen LogP contribution in [0.4, 0.5) is 10.9 Å². The quantitative estimate of drug-likeness (QED) is 0.439. The standard InChI is InChI=1S/C22H22N8S/c1-13(2)21-29-30-22(31-21)28-19-5-4-17-18(27-19)10-15(11-26-17)16(12-24-3)20(23)14-6-8-25-9-7-14/h4-13H,23H2,1-3H3,(H,27,28,30). The summed E-state index contributed by atoms with van der Waals surface area (Å²) in [6.45, 7) is 4.18. The fourth-order valence-electron chi connectivity index (χ4n) is 2.97. The maximum atomic E-state index is 6.45. The van der Waals surface area contributed by atoms with Gasteiger partial charge in [-0.25, -0.2) is 4.98 Å². The van der Waals surface area contributed by atoms with Crippen LogP contribution in [0.15, 0.2) is 53.9 Å². The Hall–Kier alpha value is -3.72. The van der Waals surface area contributed by atoms with Crippen LogP contribution < -0.4 is 11.1 Å². The van der Waals surface area contributed by atoms with E-state index in [4.69, 9.17) is 10.7 Å². The van der Waals surface area contributed by atoms with Crippen molar-refractivity contribution < 1.29 is 0 Å². The Kier molecular flexibility index (Phi) is 5.94. The lowest BCUT2D eigenvalue weighted by Gasteiger charge is -2.10. The molecule has 0 amide bonds. The van der Waals surface area contributed by atoms with Gasteiger partial charge in [0.25, 0.3) is 0 Å². The van der Waals surface area contributed by atoms with E-state index in [1.165, 1.54) is 11.3 Å². The van der Waals surface area contributed by atoms with Crippen LogP contribution in [0, 0.1) is 0 Å². The SMILES string of the molecule is CN=CC(=C(N)c1ccncc1)c1cnc2ccc(Nc3nnc(C(C)C)s3)nc2c1. The van der Waals surface area contributed by atoms with E-state index in [2.05, 4.69) is 44.3 Å². The summed E-state index contributed by atoms with van der Waals surface area (Å²) in [4.78, 5) is 17.5. The molecular weight excluding hydrogens is 408 g/mol. The van der Waals surface area contributed by atoms with Crippen molar-refractivity contribution in [3.63, 3.8) is 0 Å². The molecular formula is C22H22N8S. The van der Waals surface area contributed by atoms with Gasteiger partial charge in [0.1, 0.15) is 10.8 Å². The Morgan fingerprint density at radius 2 is 1.90 bits per heavy atom. The molecule has 156 valence electrons. The van der Waals surface area contributed by atoms with Crippen LogP contribution in [0.2, 0.25) is 0 Å². The Morgan fingerprint density at radius 1 is 1.10 bits per heavy atom. The van der Waals surface area contributed by atoms with Gasteiger partial charge in [-0.3, -0.25) is 15.0 Å². The molecule has 4 heterocycles. The molecule has 9 heteroatoms. The Morgan fingerprint density at radius 3 is 2.61 bits per heavy atom. The molecule has 0 aliphatic carbocycles. The van der Waals surface area contributed by atoms with Crippen LogP contribution in [0.5, 0.6) is 0 Å². The third-order valence-electron chi connectivity index (χ3n) is 4.56. The van der Waals surface area contributed by atoms with Crippen LogP contribution in [0.25, 0.3) is 22.3 Å². The first-order chi connectivity index (χ1) is 15.0. The molecule has 0 spiro atoms. The molecule has 0 bridgehead atoms. The molecule has 0 saturated heterocycles. The summed E-state index contributed by atoms with van der Waals surface area (Å²) in [6.07, 6.45) is 6.93. The van der Waals surface area contributed by atoms with Crippen molar-refractivity contribution in [1.29, 1.82) is 0 Å². The highest BCUT2D eigenvalue weighted by atomic mass is 32.1. The van der Waals surface area contributed by atoms with Crippen molar-refractivity contribution in [1.82, 2.24) is 25.1 Å². The number of rotatable bonds is 6. The molecule has 0 aliphatic heterocycles. The zero-order valence-electron chi connectivity index (χ0n) is 17.4. The summed E-state index contributed by atoms with van der Waals surface area (Å²) in [5.41, 5.74) is 11.0. The van der Waals surface area contributed by atoms with Gasteiger partial charge in [-0.2, -0.15) is 0 Å². The van der Waals surface area contributed by atoms with Gasteiger partial charge in [0, 0.05) is 60.2 Å². The van der Waals surface area contributed by atoms with Crippen LogP contribution in [-0.2, 0) is 0 Å². The molecule has 0 saturated carbocycles. The molecule has 0 atom stereocenters. The number of pyridine rings is 3.